The number of rotatable bonds is 9. The zero-order valence-corrected chi connectivity index (χ0v) is 20.5. The van der Waals surface area contributed by atoms with Crippen LogP contribution in [0.3, 0.4) is 0 Å². The predicted molar refractivity (Wildman–Crippen MR) is 135 cm³/mol. The zero-order valence-electron chi connectivity index (χ0n) is 20.5. The van der Waals surface area contributed by atoms with Gasteiger partial charge in [-0.1, -0.05) is 48.3 Å². The van der Waals surface area contributed by atoms with Gasteiger partial charge in [0, 0.05) is 26.4 Å². The van der Waals surface area contributed by atoms with Crippen molar-refractivity contribution in [1.29, 1.82) is 0 Å². The zero-order chi connectivity index (χ0) is 25.5. The van der Waals surface area contributed by atoms with Gasteiger partial charge in [-0.05, 0) is 42.5 Å². The maximum absolute atomic E-state index is 13.7. The molecule has 3 heterocycles. The number of halogens is 1. The summed E-state index contributed by atoms with van der Waals surface area (Å²) in [6.07, 6.45) is 2.57. The second kappa shape index (κ2) is 11.4. The third kappa shape index (κ3) is 6.02. The van der Waals surface area contributed by atoms with Crippen molar-refractivity contribution in [3.05, 3.63) is 65.9 Å². The van der Waals surface area contributed by atoms with Gasteiger partial charge in [0.25, 0.3) is 0 Å². The van der Waals surface area contributed by atoms with Crippen molar-refractivity contribution in [2.24, 2.45) is 0 Å². The van der Waals surface area contributed by atoms with Gasteiger partial charge >= 0.3 is 6.01 Å². The monoisotopic (exact) mass is 486 g/mol. The van der Waals surface area contributed by atoms with E-state index < -0.39 is 0 Å². The standard InChI is InChI=1S/C27H27FN6O2/c1-4-13-33(27-31-30-20(3)36-27)14-9-8-12-22(35)18-34-26(21-10-6-5-7-11-21)16-25(32-34)24-15-19(2)23(28)17-29-24/h5-7,10-11,15-17H,4,9,13-14,18H2,1-3H3. The van der Waals surface area contributed by atoms with Crippen molar-refractivity contribution < 1.29 is 13.6 Å². The first-order valence-electron chi connectivity index (χ1n) is 11.8. The third-order valence-corrected chi connectivity index (χ3v) is 5.47. The van der Waals surface area contributed by atoms with Crippen molar-refractivity contribution in [3.63, 3.8) is 0 Å². The Labute approximate surface area is 209 Å². The molecule has 184 valence electrons. The fourth-order valence-electron chi connectivity index (χ4n) is 3.70. The molecule has 0 unspecified atom stereocenters. The van der Waals surface area contributed by atoms with E-state index >= 15 is 0 Å². The van der Waals surface area contributed by atoms with E-state index in [0.29, 0.717) is 41.8 Å². The van der Waals surface area contributed by atoms with Gasteiger partial charge in [-0.3, -0.25) is 14.5 Å². The van der Waals surface area contributed by atoms with E-state index in [1.807, 2.05) is 41.3 Å². The first-order valence-corrected chi connectivity index (χ1v) is 11.8. The number of aryl methyl sites for hydroxylation is 2. The van der Waals surface area contributed by atoms with Crippen LogP contribution in [0.1, 0.15) is 31.2 Å². The summed E-state index contributed by atoms with van der Waals surface area (Å²) in [6.45, 7) is 6.81. The number of ketones is 1. The number of benzene rings is 1. The summed E-state index contributed by atoms with van der Waals surface area (Å²) in [5.41, 5.74) is 3.23. The quantitative estimate of drug-likeness (QED) is 0.252. The fraction of sp³-hybridized carbons (Fsp3) is 0.296. The van der Waals surface area contributed by atoms with Crippen LogP contribution in [0, 0.1) is 31.5 Å². The molecule has 0 spiro atoms. The minimum Gasteiger partial charge on any atom is -0.408 e. The highest BCUT2D eigenvalue weighted by atomic mass is 19.1. The van der Waals surface area contributed by atoms with E-state index in [2.05, 4.69) is 39.0 Å². The molecule has 1 aromatic carbocycles. The van der Waals surface area contributed by atoms with Gasteiger partial charge in [0.05, 0.1) is 17.6 Å². The van der Waals surface area contributed by atoms with Crippen molar-refractivity contribution in [1.82, 2.24) is 25.0 Å². The number of hydrogen-bond donors (Lipinski definition) is 0. The summed E-state index contributed by atoms with van der Waals surface area (Å²) < 4.78 is 20.8. The van der Waals surface area contributed by atoms with Gasteiger partial charge in [0.15, 0.2) is 0 Å². The molecule has 0 aliphatic heterocycles. The van der Waals surface area contributed by atoms with E-state index in [1.165, 1.54) is 6.20 Å². The molecule has 0 aliphatic carbocycles. The van der Waals surface area contributed by atoms with Crippen LogP contribution in [0.25, 0.3) is 22.6 Å². The Morgan fingerprint density at radius 3 is 2.61 bits per heavy atom. The third-order valence-electron chi connectivity index (χ3n) is 5.47. The molecule has 3 aromatic heterocycles. The molecule has 0 amide bonds. The Kier molecular flexibility index (Phi) is 7.85. The Hall–Kier alpha value is -4.32. The second-order valence-electron chi connectivity index (χ2n) is 8.32. The van der Waals surface area contributed by atoms with E-state index in [1.54, 1.807) is 24.6 Å². The molecule has 0 fully saturated rings. The summed E-state index contributed by atoms with van der Waals surface area (Å²) in [5.74, 6) is 5.54. The summed E-state index contributed by atoms with van der Waals surface area (Å²) in [7, 11) is 0. The van der Waals surface area contributed by atoms with Crippen molar-refractivity contribution >= 4 is 11.8 Å². The molecule has 0 N–H and O–H groups in total. The summed E-state index contributed by atoms with van der Waals surface area (Å²) in [4.78, 5) is 18.9. The highest BCUT2D eigenvalue weighted by Crippen LogP contribution is 2.26. The maximum atomic E-state index is 13.7. The lowest BCUT2D eigenvalue weighted by atomic mass is 10.1. The number of carbonyl (C=O) groups excluding carboxylic acids is 1. The van der Waals surface area contributed by atoms with Gasteiger partial charge in [0.2, 0.25) is 11.7 Å². The van der Waals surface area contributed by atoms with Gasteiger partial charge in [0.1, 0.15) is 18.1 Å². The molecule has 0 atom stereocenters. The van der Waals surface area contributed by atoms with Crippen LogP contribution >= 0.6 is 0 Å². The predicted octanol–water partition coefficient (Wildman–Crippen LogP) is 4.63. The molecule has 0 radical (unpaired) electrons. The molecule has 0 aliphatic rings. The lowest BCUT2D eigenvalue weighted by molar-refractivity contribution is -0.114. The minimum absolute atomic E-state index is 0.0149. The van der Waals surface area contributed by atoms with E-state index in [9.17, 15) is 9.18 Å². The molecule has 36 heavy (non-hydrogen) atoms. The minimum atomic E-state index is -0.376. The van der Waals surface area contributed by atoms with Gasteiger partial charge in [-0.15, -0.1) is 5.10 Å². The Bertz CT molecular complexity index is 1400. The molecule has 0 saturated heterocycles. The van der Waals surface area contributed by atoms with Crippen LogP contribution in [-0.4, -0.2) is 43.8 Å². The lowest BCUT2D eigenvalue weighted by Gasteiger charge is -2.17. The number of nitrogens with zero attached hydrogens (tertiary/aromatic N) is 6. The van der Waals surface area contributed by atoms with Crippen molar-refractivity contribution in [3.8, 4) is 34.5 Å². The molecular formula is C27H27FN6O2. The highest BCUT2D eigenvalue weighted by Gasteiger charge is 2.15. The smallest absolute Gasteiger partial charge is 0.318 e. The largest absolute Gasteiger partial charge is 0.408 e. The van der Waals surface area contributed by atoms with Crippen molar-refractivity contribution in [2.75, 3.05) is 18.0 Å². The number of Topliss-reactive ketones (excluding diaryl/α,β-unsaturated/α-hetero) is 1. The number of hydrogen-bond acceptors (Lipinski definition) is 7. The van der Waals surface area contributed by atoms with E-state index in [4.69, 9.17) is 4.42 Å². The van der Waals surface area contributed by atoms with Crippen LogP contribution in [-0.2, 0) is 11.3 Å². The Morgan fingerprint density at radius 1 is 1.11 bits per heavy atom. The van der Waals surface area contributed by atoms with Gasteiger partial charge in [-0.25, -0.2) is 4.39 Å². The van der Waals surface area contributed by atoms with E-state index in [-0.39, 0.29) is 18.1 Å². The molecule has 0 saturated carbocycles. The number of aromatic nitrogens is 5. The number of anilines is 1. The SMILES string of the molecule is CCCN(CCC#CC(=O)Cn1nc(-c2cc(C)c(F)cn2)cc1-c1ccccc1)c1nnc(C)o1. The lowest BCUT2D eigenvalue weighted by Crippen LogP contribution is -2.25. The Morgan fingerprint density at radius 2 is 1.92 bits per heavy atom. The molecule has 9 heteroatoms. The second-order valence-corrected chi connectivity index (χ2v) is 8.32. The topological polar surface area (TPSA) is 89.9 Å². The average Bonchev–Trinajstić information content (AvgIpc) is 3.50. The molecule has 8 nitrogen and oxygen atoms in total. The first kappa shape index (κ1) is 24.8. The summed E-state index contributed by atoms with van der Waals surface area (Å²) in [6, 6.07) is 13.6. The fourth-order valence-corrected chi connectivity index (χ4v) is 3.70. The van der Waals surface area contributed by atoms with Crippen LogP contribution in [0.5, 0.6) is 0 Å². The normalized spacial score (nSPS) is 10.7. The number of pyridine rings is 1. The van der Waals surface area contributed by atoms with Crippen LogP contribution in [0.15, 0.2) is 53.1 Å². The van der Waals surface area contributed by atoms with Gasteiger partial charge in [-0.2, -0.15) is 5.10 Å². The van der Waals surface area contributed by atoms with Crippen LogP contribution in [0.2, 0.25) is 0 Å². The van der Waals surface area contributed by atoms with Gasteiger partial charge < -0.3 is 9.32 Å². The van der Waals surface area contributed by atoms with Crippen LogP contribution < -0.4 is 4.90 Å². The molecule has 0 bridgehead atoms. The van der Waals surface area contributed by atoms with Crippen molar-refractivity contribution in [2.45, 2.75) is 40.2 Å². The van der Waals surface area contributed by atoms with E-state index in [0.717, 1.165) is 24.2 Å². The highest BCUT2D eigenvalue weighted by molar-refractivity contribution is 5.95. The average molecular weight is 487 g/mol. The van der Waals surface area contributed by atoms with Crippen LogP contribution in [0.4, 0.5) is 10.4 Å². The summed E-state index contributed by atoms with van der Waals surface area (Å²) in [5, 5.41) is 12.5. The Balaban J connectivity index is 1.50. The molecular weight excluding hydrogens is 459 g/mol. The maximum Gasteiger partial charge on any atom is 0.318 e. The molecule has 4 rings (SSSR count). The number of carbonyl (C=O) groups is 1. The summed E-state index contributed by atoms with van der Waals surface area (Å²) >= 11 is 0. The first-order chi connectivity index (χ1) is 17.4. The molecule has 4 aromatic rings.